The number of sulfonamides is 1. The first-order chi connectivity index (χ1) is 10.6. The van der Waals surface area contributed by atoms with Crippen LogP contribution in [0.4, 0.5) is 0 Å². The summed E-state index contributed by atoms with van der Waals surface area (Å²) in [6.07, 6.45) is 2.71. The maximum atomic E-state index is 12.1. The molecule has 0 saturated heterocycles. The maximum Gasteiger partial charge on any atom is 0.276 e. The van der Waals surface area contributed by atoms with Gasteiger partial charge in [-0.25, -0.2) is 4.83 Å². The third kappa shape index (κ3) is 3.36. The van der Waals surface area contributed by atoms with Crippen molar-refractivity contribution >= 4 is 16.2 Å². The van der Waals surface area contributed by atoms with Gasteiger partial charge in [-0.15, -0.1) is 0 Å². The molecule has 0 spiro atoms. The molecule has 0 unspecified atom stereocenters. The zero-order chi connectivity index (χ0) is 15.6. The number of rotatable bonds is 5. The van der Waals surface area contributed by atoms with Crippen molar-refractivity contribution in [1.29, 1.82) is 0 Å². The van der Waals surface area contributed by atoms with Crippen LogP contribution in [0.5, 0.6) is 0 Å². The summed E-state index contributed by atoms with van der Waals surface area (Å²) < 4.78 is 24.1. The molecule has 3 rings (SSSR count). The van der Waals surface area contributed by atoms with Crippen LogP contribution in [0.2, 0.25) is 0 Å². The van der Waals surface area contributed by atoms with E-state index in [1.807, 2.05) is 25.1 Å². The molecule has 1 aliphatic carbocycles. The summed E-state index contributed by atoms with van der Waals surface area (Å²) in [5.74, 6) is 0.761. The van der Waals surface area contributed by atoms with E-state index in [1.54, 1.807) is 30.5 Å². The number of hydrogen-bond acceptors (Lipinski definition) is 3. The highest BCUT2D eigenvalue weighted by Crippen LogP contribution is 2.45. The Morgan fingerprint density at radius 3 is 2.45 bits per heavy atom. The van der Waals surface area contributed by atoms with Crippen LogP contribution in [0.1, 0.15) is 23.5 Å². The van der Waals surface area contributed by atoms with Crippen molar-refractivity contribution in [2.75, 3.05) is 0 Å². The molecule has 5 heteroatoms. The lowest BCUT2D eigenvalue weighted by Crippen LogP contribution is -2.18. The Balaban J connectivity index is 1.60. The van der Waals surface area contributed by atoms with Gasteiger partial charge in [-0.05, 0) is 37.0 Å². The van der Waals surface area contributed by atoms with Crippen molar-refractivity contribution in [3.63, 3.8) is 0 Å². The fourth-order valence-corrected chi connectivity index (χ4v) is 3.23. The first kappa shape index (κ1) is 14.8. The van der Waals surface area contributed by atoms with E-state index in [2.05, 4.69) is 22.1 Å². The highest BCUT2D eigenvalue weighted by atomic mass is 32.2. The van der Waals surface area contributed by atoms with Gasteiger partial charge in [0.25, 0.3) is 10.0 Å². The molecule has 0 radical (unpaired) electrons. The molecule has 4 nitrogen and oxygen atoms in total. The highest BCUT2D eigenvalue weighted by molar-refractivity contribution is 7.89. The first-order valence-electron chi connectivity index (χ1n) is 7.23. The molecule has 1 aliphatic rings. The molecule has 0 aromatic heterocycles. The Hall–Kier alpha value is -2.14. The number of benzene rings is 2. The summed E-state index contributed by atoms with van der Waals surface area (Å²) in [5, 5.41) is 3.92. The number of hydrogen-bond donors (Lipinski definition) is 1. The molecule has 1 fully saturated rings. The van der Waals surface area contributed by atoms with Gasteiger partial charge in [0.15, 0.2) is 0 Å². The summed E-state index contributed by atoms with van der Waals surface area (Å²) in [5.41, 5.74) is 2.30. The zero-order valence-electron chi connectivity index (χ0n) is 12.3. The van der Waals surface area contributed by atoms with Crippen molar-refractivity contribution in [3.05, 3.63) is 65.7 Å². The van der Waals surface area contributed by atoms with Crippen molar-refractivity contribution in [2.45, 2.75) is 24.2 Å². The van der Waals surface area contributed by atoms with Crippen LogP contribution in [0.3, 0.4) is 0 Å². The van der Waals surface area contributed by atoms with Crippen LogP contribution in [0, 0.1) is 12.8 Å². The van der Waals surface area contributed by atoms with Gasteiger partial charge in [-0.1, -0.05) is 48.0 Å². The SMILES string of the molecule is Cc1ccc(S(=O)(=O)N/N=C/[C@H]2C[C@@H]2c2ccccc2)cc1. The van der Waals surface area contributed by atoms with Crippen LogP contribution in [-0.4, -0.2) is 14.6 Å². The standard InChI is InChI=1S/C17H18N2O2S/c1-13-7-9-16(10-8-13)22(20,21)19-18-12-15-11-17(15)14-5-3-2-4-6-14/h2-10,12,15,17,19H,11H2,1H3/b18-12+/t15-,17-/m1/s1. The molecule has 114 valence electrons. The van der Waals surface area contributed by atoms with E-state index in [-0.39, 0.29) is 4.90 Å². The lowest BCUT2D eigenvalue weighted by molar-refractivity contribution is 0.584. The largest absolute Gasteiger partial charge is 0.276 e. The second kappa shape index (κ2) is 5.93. The van der Waals surface area contributed by atoms with Crippen LogP contribution in [0.25, 0.3) is 0 Å². The van der Waals surface area contributed by atoms with E-state index in [9.17, 15) is 8.42 Å². The van der Waals surface area contributed by atoms with E-state index < -0.39 is 10.0 Å². The molecule has 0 heterocycles. The lowest BCUT2D eigenvalue weighted by Gasteiger charge is -2.03. The molecule has 0 aliphatic heterocycles. The average Bonchev–Trinajstić information content (AvgIpc) is 3.28. The normalized spacial score (nSPS) is 21.0. The third-order valence-electron chi connectivity index (χ3n) is 3.84. The lowest BCUT2D eigenvalue weighted by atomic mass is 10.1. The van der Waals surface area contributed by atoms with Gasteiger partial charge in [0.1, 0.15) is 0 Å². The molecule has 0 amide bonds. The van der Waals surface area contributed by atoms with Crippen LogP contribution in [0.15, 0.2) is 64.6 Å². The Bertz CT molecular complexity index is 768. The molecular formula is C17H18N2O2S. The van der Waals surface area contributed by atoms with Crippen molar-refractivity contribution < 1.29 is 8.42 Å². The summed E-state index contributed by atoms with van der Waals surface area (Å²) in [6, 6.07) is 16.9. The fraction of sp³-hybridized carbons (Fsp3) is 0.235. The van der Waals surface area contributed by atoms with Crippen molar-refractivity contribution in [3.8, 4) is 0 Å². The minimum absolute atomic E-state index is 0.227. The van der Waals surface area contributed by atoms with Gasteiger partial charge in [0.05, 0.1) is 4.90 Å². The Morgan fingerprint density at radius 1 is 1.09 bits per heavy atom. The average molecular weight is 314 g/mol. The van der Waals surface area contributed by atoms with Gasteiger partial charge < -0.3 is 0 Å². The van der Waals surface area contributed by atoms with E-state index in [1.165, 1.54) is 5.56 Å². The summed E-state index contributed by atoms with van der Waals surface area (Å²) in [6.45, 7) is 1.92. The van der Waals surface area contributed by atoms with Crippen molar-refractivity contribution in [2.24, 2.45) is 11.0 Å². The van der Waals surface area contributed by atoms with Crippen LogP contribution in [-0.2, 0) is 10.0 Å². The fourth-order valence-electron chi connectivity index (χ4n) is 2.43. The van der Waals surface area contributed by atoms with E-state index in [0.717, 1.165) is 12.0 Å². The van der Waals surface area contributed by atoms with Crippen LogP contribution >= 0.6 is 0 Å². The zero-order valence-corrected chi connectivity index (χ0v) is 13.1. The summed E-state index contributed by atoms with van der Waals surface area (Å²) in [4.78, 5) is 2.51. The van der Waals surface area contributed by atoms with Gasteiger partial charge >= 0.3 is 0 Å². The quantitative estimate of drug-likeness (QED) is 0.681. The Kier molecular flexibility index (Phi) is 3.98. The number of nitrogens with zero attached hydrogens (tertiary/aromatic N) is 1. The van der Waals surface area contributed by atoms with E-state index >= 15 is 0 Å². The first-order valence-corrected chi connectivity index (χ1v) is 8.71. The van der Waals surface area contributed by atoms with Crippen LogP contribution < -0.4 is 4.83 Å². The summed E-state index contributed by atoms with van der Waals surface area (Å²) in [7, 11) is -3.57. The minimum Gasteiger partial charge on any atom is -0.200 e. The molecule has 1 N–H and O–H groups in total. The molecular weight excluding hydrogens is 296 g/mol. The monoisotopic (exact) mass is 314 g/mol. The minimum atomic E-state index is -3.57. The maximum absolute atomic E-state index is 12.1. The number of hydrazone groups is 1. The van der Waals surface area contributed by atoms with E-state index in [0.29, 0.717) is 11.8 Å². The molecule has 0 bridgehead atoms. The topological polar surface area (TPSA) is 58.5 Å². The van der Waals surface area contributed by atoms with Gasteiger partial charge in [0, 0.05) is 12.1 Å². The number of nitrogens with one attached hydrogen (secondary N) is 1. The van der Waals surface area contributed by atoms with Crippen molar-refractivity contribution in [1.82, 2.24) is 4.83 Å². The smallest absolute Gasteiger partial charge is 0.200 e. The number of aryl methyl sites for hydroxylation is 1. The van der Waals surface area contributed by atoms with Gasteiger partial charge in [-0.2, -0.15) is 13.5 Å². The second-order valence-corrected chi connectivity index (χ2v) is 7.26. The van der Waals surface area contributed by atoms with E-state index in [4.69, 9.17) is 0 Å². The summed E-state index contributed by atoms with van der Waals surface area (Å²) >= 11 is 0. The molecule has 2 atom stereocenters. The predicted molar refractivity (Wildman–Crippen MR) is 87.3 cm³/mol. The molecule has 1 saturated carbocycles. The third-order valence-corrected chi connectivity index (χ3v) is 5.08. The molecule has 22 heavy (non-hydrogen) atoms. The Morgan fingerprint density at radius 2 is 1.77 bits per heavy atom. The molecule has 2 aromatic carbocycles. The second-order valence-electron chi connectivity index (χ2n) is 5.60. The van der Waals surface area contributed by atoms with Gasteiger partial charge in [0.2, 0.25) is 0 Å². The highest BCUT2D eigenvalue weighted by Gasteiger charge is 2.36. The predicted octanol–water partition coefficient (Wildman–Crippen LogP) is 3.06. The molecule has 2 aromatic rings. The van der Waals surface area contributed by atoms with Gasteiger partial charge in [-0.3, -0.25) is 0 Å². The Labute approximate surface area is 130 Å².